The third kappa shape index (κ3) is 2.35. The van der Waals surface area contributed by atoms with E-state index in [-0.39, 0.29) is 0 Å². The minimum atomic E-state index is 0.441. The standard InChI is InChI=1S/C13H19N5O/c1-8-4-5-19-11(8)12-15-13(17-16-12)18-6-9(2)14-10(3)7-18/h4-5,9-10,14H,6-7H2,1-3H3,(H,15,16,17). The SMILES string of the molecule is Cc1ccoc1-c1nc(N2CC(C)NC(C)C2)n[nH]1. The summed E-state index contributed by atoms with van der Waals surface area (Å²) >= 11 is 0. The van der Waals surface area contributed by atoms with Crippen LogP contribution in [0.4, 0.5) is 5.95 Å². The molecule has 0 spiro atoms. The van der Waals surface area contributed by atoms with E-state index in [4.69, 9.17) is 4.42 Å². The maximum absolute atomic E-state index is 5.43. The van der Waals surface area contributed by atoms with E-state index in [0.29, 0.717) is 17.9 Å². The van der Waals surface area contributed by atoms with Crippen molar-refractivity contribution in [3.8, 4) is 11.6 Å². The number of aryl methyl sites for hydroxylation is 1. The normalized spacial score (nSPS) is 23.8. The summed E-state index contributed by atoms with van der Waals surface area (Å²) in [5.41, 5.74) is 1.06. The molecule has 0 radical (unpaired) electrons. The average molecular weight is 261 g/mol. The number of anilines is 1. The number of nitrogens with zero attached hydrogens (tertiary/aromatic N) is 3. The molecule has 2 aromatic heterocycles. The monoisotopic (exact) mass is 261 g/mol. The molecular weight excluding hydrogens is 242 g/mol. The predicted octanol–water partition coefficient (Wildman–Crippen LogP) is 1.56. The molecule has 0 aliphatic carbocycles. The molecule has 3 heterocycles. The molecule has 102 valence electrons. The number of hydrogen-bond donors (Lipinski definition) is 2. The van der Waals surface area contributed by atoms with E-state index in [2.05, 4.69) is 39.2 Å². The van der Waals surface area contributed by atoms with Crippen molar-refractivity contribution in [3.63, 3.8) is 0 Å². The first kappa shape index (κ1) is 12.2. The van der Waals surface area contributed by atoms with Crippen LogP contribution in [0.5, 0.6) is 0 Å². The summed E-state index contributed by atoms with van der Waals surface area (Å²) in [5, 5.41) is 10.8. The number of nitrogens with one attached hydrogen (secondary N) is 2. The summed E-state index contributed by atoms with van der Waals surface area (Å²) < 4.78 is 5.43. The Hall–Kier alpha value is -1.82. The zero-order valence-electron chi connectivity index (χ0n) is 11.5. The number of rotatable bonds is 2. The maximum atomic E-state index is 5.43. The fourth-order valence-corrected chi connectivity index (χ4v) is 2.60. The smallest absolute Gasteiger partial charge is 0.245 e. The van der Waals surface area contributed by atoms with E-state index >= 15 is 0 Å². The van der Waals surface area contributed by atoms with Crippen molar-refractivity contribution in [1.29, 1.82) is 0 Å². The van der Waals surface area contributed by atoms with Crippen LogP contribution >= 0.6 is 0 Å². The minimum Gasteiger partial charge on any atom is -0.461 e. The van der Waals surface area contributed by atoms with E-state index < -0.39 is 0 Å². The van der Waals surface area contributed by atoms with Gasteiger partial charge in [-0.25, -0.2) is 0 Å². The maximum Gasteiger partial charge on any atom is 0.245 e. The fraction of sp³-hybridized carbons (Fsp3) is 0.538. The quantitative estimate of drug-likeness (QED) is 0.858. The minimum absolute atomic E-state index is 0.441. The molecule has 19 heavy (non-hydrogen) atoms. The van der Waals surface area contributed by atoms with E-state index in [0.717, 1.165) is 30.4 Å². The van der Waals surface area contributed by atoms with Crippen LogP contribution in [-0.4, -0.2) is 40.4 Å². The number of aromatic nitrogens is 3. The second-order valence-electron chi connectivity index (χ2n) is 5.29. The summed E-state index contributed by atoms with van der Waals surface area (Å²) in [6, 6.07) is 2.80. The van der Waals surface area contributed by atoms with Gasteiger partial charge in [0.15, 0.2) is 11.6 Å². The van der Waals surface area contributed by atoms with Crippen LogP contribution in [0, 0.1) is 6.92 Å². The van der Waals surface area contributed by atoms with Gasteiger partial charge in [-0.2, -0.15) is 4.98 Å². The van der Waals surface area contributed by atoms with Crippen LogP contribution in [-0.2, 0) is 0 Å². The lowest BCUT2D eigenvalue weighted by molar-refractivity contribution is 0.403. The molecule has 1 saturated heterocycles. The van der Waals surface area contributed by atoms with Crippen molar-refractivity contribution < 1.29 is 4.42 Å². The molecule has 6 heteroatoms. The van der Waals surface area contributed by atoms with Crippen molar-refractivity contribution in [3.05, 3.63) is 17.9 Å². The Bertz CT molecular complexity index is 551. The second kappa shape index (κ2) is 4.70. The zero-order chi connectivity index (χ0) is 13.4. The Morgan fingerprint density at radius 2 is 2.05 bits per heavy atom. The van der Waals surface area contributed by atoms with Gasteiger partial charge in [0, 0.05) is 25.2 Å². The predicted molar refractivity (Wildman–Crippen MR) is 73.1 cm³/mol. The molecular formula is C13H19N5O. The second-order valence-corrected chi connectivity index (χ2v) is 5.29. The van der Waals surface area contributed by atoms with Gasteiger partial charge in [0.2, 0.25) is 5.95 Å². The highest BCUT2D eigenvalue weighted by atomic mass is 16.3. The molecule has 0 amide bonds. The Labute approximate surface area is 112 Å². The molecule has 6 nitrogen and oxygen atoms in total. The molecule has 2 atom stereocenters. The van der Waals surface area contributed by atoms with Crippen LogP contribution < -0.4 is 10.2 Å². The van der Waals surface area contributed by atoms with Gasteiger partial charge >= 0.3 is 0 Å². The van der Waals surface area contributed by atoms with Crippen molar-refractivity contribution in [1.82, 2.24) is 20.5 Å². The van der Waals surface area contributed by atoms with Gasteiger partial charge in [-0.1, -0.05) is 0 Å². The topological polar surface area (TPSA) is 70.0 Å². The molecule has 2 N–H and O–H groups in total. The molecule has 0 bridgehead atoms. The summed E-state index contributed by atoms with van der Waals surface area (Å²) in [7, 11) is 0. The molecule has 0 saturated carbocycles. The van der Waals surface area contributed by atoms with E-state index in [1.54, 1.807) is 6.26 Å². The largest absolute Gasteiger partial charge is 0.461 e. The highest BCUT2D eigenvalue weighted by Gasteiger charge is 2.24. The van der Waals surface area contributed by atoms with Crippen LogP contribution in [0.15, 0.2) is 16.7 Å². The first-order valence-corrected chi connectivity index (χ1v) is 6.61. The van der Waals surface area contributed by atoms with Crippen molar-refractivity contribution >= 4 is 5.95 Å². The zero-order valence-corrected chi connectivity index (χ0v) is 11.5. The fourth-order valence-electron chi connectivity index (χ4n) is 2.60. The number of furan rings is 1. The summed E-state index contributed by atoms with van der Waals surface area (Å²) in [6.45, 7) is 8.17. The van der Waals surface area contributed by atoms with E-state index in [1.165, 1.54) is 0 Å². The number of hydrogen-bond acceptors (Lipinski definition) is 5. The van der Waals surface area contributed by atoms with E-state index in [9.17, 15) is 0 Å². The van der Waals surface area contributed by atoms with Crippen LogP contribution in [0.3, 0.4) is 0 Å². The Balaban J connectivity index is 1.83. The highest BCUT2D eigenvalue weighted by Crippen LogP contribution is 2.22. The number of piperazine rings is 1. The Morgan fingerprint density at radius 1 is 1.32 bits per heavy atom. The van der Waals surface area contributed by atoms with Gasteiger partial charge in [0.05, 0.1) is 6.26 Å². The van der Waals surface area contributed by atoms with Crippen molar-refractivity contribution in [2.24, 2.45) is 0 Å². The summed E-state index contributed by atoms with van der Waals surface area (Å²) in [6.07, 6.45) is 1.67. The first-order valence-electron chi connectivity index (χ1n) is 6.61. The van der Waals surface area contributed by atoms with Gasteiger partial charge in [0.25, 0.3) is 0 Å². The van der Waals surface area contributed by atoms with Crippen LogP contribution in [0.2, 0.25) is 0 Å². The lowest BCUT2D eigenvalue weighted by Gasteiger charge is -2.35. The van der Waals surface area contributed by atoms with Crippen LogP contribution in [0.25, 0.3) is 11.6 Å². The molecule has 3 rings (SSSR count). The molecule has 0 aromatic carbocycles. The van der Waals surface area contributed by atoms with Crippen molar-refractivity contribution in [2.45, 2.75) is 32.9 Å². The number of H-pyrrole nitrogens is 1. The lowest BCUT2D eigenvalue weighted by atomic mass is 10.1. The van der Waals surface area contributed by atoms with E-state index in [1.807, 2.05) is 13.0 Å². The number of aromatic amines is 1. The van der Waals surface area contributed by atoms with Gasteiger partial charge in [-0.15, -0.1) is 5.10 Å². The Kier molecular flexibility index (Phi) is 3.02. The third-order valence-corrected chi connectivity index (χ3v) is 3.39. The van der Waals surface area contributed by atoms with Gasteiger partial charge < -0.3 is 14.6 Å². The van der Waals surface area contributed by atoms with Crippen LogP contribution in [0.1, 0.15) is 19.4 Å². The molecule has 2 unspecified atom stereocenters. The first-order chi connectivity index (χ1) is 9.13. The average Bonchev–Trinajstić information content (AvgIpc) is 2.95. The highest BCUT2D eigenvalue weighted by molar-refractivity contribution is 5.53. The van der Waals surface area contributed by atoms with Gasteiger partial charge in [-0.05, 0) is 32.4 Å². The molecule has 2 aromatic rings. The molecule has 1 fully saturated rings. The van der Waals surface area contributed by atoms with Gasteiger partial charge in [0.1, 0.15) is 0 Å². The summed E-state index contributed by atoms with van der Waals surface area (Å²) in [4.78, 5) is 6.74. The lowest BCUT2D eigenvalue weighted by Crippen LogP contribution is -2.54. The third-order valence-electron chi connectivity index (χ3n) is 3.39. The molecule has 1 aliphatic rings. The summed E-state index contributed by atoms with van der Waals surface area (Å²) in [5.74, 6) is 2.19. The van der Waals surface area contributed by atoms with Crippen molar-refractivity contribution in [2.75, 3.05) is 18.0 Å². The molecule has 1 aliphatic heterocycles. The van der Waals surface area contributed by atoms with Gasteiger partial charge in [-0.3, -0.25) is 5.10 Å². The Morgan fingerprint density at radius 3 is 2.68 bits per heavy atom.